The van der Waals surface area contributed by atoms with Gasteiger partial charge in [-0.1, -0.05) is 19.3 Å². The van der Waals surface area contributed by atoms with Gasteiger partial charge < -0.3 is 10.8 Å². The zero-order chi connectivity index (χ0) is 14.8. The first-order valence-corrected chi connectivity index (χ1v) is 8.07. The SMILES string of the molecule is Nc1cc(F)ccc1S(=O)(=O)NC1(CO)CCCCC1. The maximum atomic E-state index is 13.0. The maximum Gasteiger partial charge on any atom is 0.243 e. The van der Waals surface area contributed by atoms with Gasteiger partial charge in [0.05, 0.1) is 17.8 Å². The van der Waals surface area contributed by atoms with Gasteiger partial charge in [0, 0.05) is 0 Å². The van der Waals surface area contributed by atoms with Gasteiger partial charge in [-0.15, -0.1) is 0 Å². The van der Waals surface area contributed by atoms with Gasteiger partial charge in [0.25, 0.3) is 0 Å². The van der Waals surface area contributed by atoms with Crippen molar-refractivity contribution in [2.45, 2.75) is 42.5 Å². The van der Waals surface area contributed by atoms with Crippen LogP contribution in [0.1, 0.15) is 32.1 Å². The van der Waals surface area contributed by atoms with E-state index < -0.39 is 21.4 Å². The molecule has 2 rings (SSSR count). The molecule has 0 radical (unpaired) electrons. The summed E-state index contributed by atoms with van der Waals surface area (Å²) in [4.78, 5) is -0.155. The Morgan fingerprint density at radius 3 is 2.50 bits per heavy atom. The topological polar surface area (TPSA) is 92.4 Å². The third-order valence-electron chi connectivity index (χ3n) is 3.73. The number of aliphatic hydroxyl groups excluding tert-OH is 1. The molecule has 0 unspecified atom stereocenters. The van der Waals surface area contributed by atoms with Gasteiger partial charge >= 0.3 is 0 Å². The van der Waals surface area contributed by atoms with Crippen LogP contribution in [0.2, 0.25) is 0 Å². The maximum absolute atomic E-state index is 13.0. The van der Waals surface area contributed by atoms with Crippen LogP contribution in [0.5, 0.6) is 0 Å². The van der Waals surface area contributed by atoms with Crippen LogP contribution in [0.3, 0.4) is 0 Å². The predicted octanol–water partition coefficient (Wildman–Crippen LogP) is 1.38. The third kappa shape index (κ3) is 3.11. The molecule has 0 spiro atoms. The van der Waals surface area contributed by atoms with E-state index >= 15 is 0 Å². The number of nitrogens with two attached hydrogens (primary N) is 1. The fourth-order valence-corrected chi connectivity index (χ4v) is 4.19. The fourth-order valence-electron chi connectivity index (χ4n) is 2.63. The summed E-state index contributed by atoms with van der Waals surface area (Å²) in [6, 6.07) is 3.17. The van der Waals surface area contributed by atoms with Crippen molar-refractivity contribution in [3.05, 3.63) is 24.0 Å². The average Bonchev–Trinajstić information content (AvgIpc) is 2.38. The lowest BCUT2D eigenvalue weighted by molar-refractivity contribution is 0.142. The number of halogens is 1. The van der Waals surface area contributed by atoms with Crippen molar-refractivity contribution in [3.63, 3.8) is 0 Å². The van der Waals surface area contributed by atoms with E-state index in [0.717, 1.165) is 37.5 Å². The van der Waals surface area contributed by atoms with Crippen LogP contribution in [0.4, 0.5) is 10.1 Å². The van der Waals surface area contributed by atoms with Crippen molar-refractivity contribution in [1.29, 1.82) is 0 Å². The first-order valence-electron chi connectivity index (χ1n) is 6.58. The van der Waals surface area contributed by atoms with E-state index in [0.29, 0.717) is 12.8 Å². The second kappa shape index (κ2) is 5.67. The van der Waals surface area contributed by atoms with Gasteiger partial charge in [-0.25, -0.2) is 17.5 Å². The van der Waals surface area contributed by atoms with Crippen molar-refractivity contribution < 1.29 is 17.9 Å². The standard InChI is InChI=1S/C13H19FN2O3S/c14-10-4-5-12(11(15)8-10)20(18,19)16-13(9-17)6-2-1-3-7-13/h4-5,8,16-17H,1-3,6-7,9,15H2. The zero-order valence-corrected chi connectivity index (χ0v) is 11.9. The largest absolute Gasteiger partial charge is 0.398 e. The molecule has 0 heterocycles. The normalized spacial score (nSPS) is 18.9. The van der Waals surface area contributed by atoms with Gasteiger partial charge in [0.1, 0.15) is 10.7 Å². The Morgan fingerprint density at radius 1 is 1.30 bits per heavy atom. The number of rotatable bonds is 4. The molecule has 0 atom stereocenters. The highest BCUT2D eigenvalue weighted by molar-refractivity contribution is 7.89. The molecule has 20 heavy (non-hydrogen) atoms. The zero-order valence-electron chi connectivity index (χ0n) is 11.1. The summed E-state index contributed by atoms with van der Waals surface area (Å²) >= 11 is 0. The molecule has 1 aromatic carbocycles. The van der Waals surface area contributed by atoms with Crippen LogP contribution < -0.4 is 10.5 Å². The number of aliphatic hydroxyl groups is 1. The molecule has 7 heteroatoms. The molecule has 0 saturated heterocycles. The molecule has 0 aromatic heterocycles. The predicted molar refractivity (Wildman–Crippen MR) is 74.0 cm³/mol. The van der Waals surface area contributed by atoms with E-state index in [1.165, 1.54) is 0 Å². The van der Waals surface area contributed by atoms with E-state index in [-0.39, 0.29) is 17.2 Å². The Bertz CT molecular complexity index is 583. The number of anilines is 1. The van der Waals surface area contributed by atoms with Crippen LogP contribution in [0.15, 0.2) is 23.1 Å². The van der Waals surface area contributed by atoms with Crippen molar-refractivity contribution in [1.82, 2.24) is 4.72 Å². The monoisotopic (exact) mass is 302 g/mol. The lowest BCUT2D eigenvalue weighted by Gasteiger charge is -2.36. The highest BCUT2D eigenvalue weighted by Gasteiger charge is 2.36. The smallest absolute Gasteiger partial charge is 0.243 e. The van der Waals surface area contributed by atoms with E-state index in [1.807, 2.05) is 0 Å². The summed E-state index contributed by atoms with van der Waals surface area (Å²) in [5.74, 6) is -0.587. The van der Waals surface area contributed by atoms with Crippen molar-refractivity contribution in [2.75, 3.05) is 12.3 Å². The Morgan fingerprint density at radius 2 is 1.95 bits per heavy atom. The number of nitrogen functional groups attached to an aromatic ring is 1. The molecule has 0 bridgehead atoms. The van der Waals surface area contributed by atoms with Crippen molar-refractivity contribution in [3.8, 4) is 0 Å². The van der Waals surface area contributed by atoms with Crippen molar-refractivity contribution in [2.24, 2.45) is 0 Å². The summed E-state index contributed by atoms with van der Waals surface area (Å²) in [5, 5.41) is 9.55. The number of hydrogen-bond acceptors (Lipinski definition) is 4. The first kappa shape index (κ1) is 15.2. The summed E-state index contributed by atoms with van der Waals surface area (Å²) in [5.41, 5.74) is 4.60. The number of hydrogen-bond donors (Lipinski definition) is 3. The molecule has 5 nitrogen and oxygen atoms in total. The molecular weight excluding hydrogens is 283 g/mol. The summed E-state index contributed by atoms with van der Waals surface area (Å²) in [7, 11) is -3.88. The number of sulfonamides is 1. The molecule has 112 valence electrons. The van der Waals surface area contributed by atoms with Crippen LogP contribution >= 0.6 is 0 Å². The minimum Gasteiger partial charge on any atom is -0.398 e. The van der Waals surface area contributed by atoms with E-state index in [9.17, 15) is 17.9 Å². The Labute approximate surface area is 118 Å². The second-order valence-corrected chi connectivity index (χ2v) is 6.94. The lowest BCUT2D eigenvalue weighted by atomic mass is 9.83. The molecular formula is C13H19FN2O3S. The van der Waals surface area contributed by atoms with Gasteiger partial charge in [0.2, 0.25) is 10.0 Å². The van der Waals surface area contributed by atoms with E-state index in [4.69, 9.17) is 5.73 Å². The number of nitrogens with one attached hydrogen (secondary N) is 1. The van der Waals surface area contributed by atoms with Crippen LogP contribution in [0.25, 0.3) is 0 Å². The molecule has 1 aromatic rings. The summed E-state index contributed by atoms with van der Waals surface area (Å²) in [6.07, 6.45) is 3.93. The van der Waals surface area contributed by atoms with Crippen molar-refractivity contribution >= 4 is 15.7 Å². The highest BCUT2D eigenvalue weighted by Crippen LogP contribution is 2.30. The lowest BCUT2D eigenvalue weighted by Crippen LogP contribution is -2.52. The van der Waals surface area contributed by atoms with Gasteiger partial charge in [-0.3, -0.25) is 0 Å². The molecule has 4 N–H and O–H groups in total. The molecule has 0 amide bonds. The third-order valence-corrected chi connectivity index (χ3v) is 5.38. The molecule has 1 fully saturated rings. The van der Waals surface area contributed by atoms with E-state index in [1.54, 1.807) is 0 Å². The molecule has 1 saturated carbocycles. The Balaban J connectivity index is 2.30. The highest BCUT2D eigenvalue weighted by atomic mass is 32.2. The summed E-state index contributed by atoms with van der Waals surface area (Å²) < 4.78 is 40.3. The molecule has 1 aliphatic carbocycles. The molecule has 1 aliphatic rings. The average molecular weight is 302 g/mol. The van der Waals surface area contributed by atoms with Gasteiger partial charge in [-0.2, -0.15) is 0 Å². The second-order valence-electron chi connectivity index (χ2n) is 5.29. The van der Waals surface area contributed by atoms with Crippen LogP contribution in [-0.4, -0.2) is 25.7 Å². The minimum absolute atomic E-state index is 0.138. The van der Waals surface area contributed by atoms with Crippen LogP contribution in [-0.2, 0) is 10.0 Å². The van der Waals surface area contributed by atoms with Crippen LogP contribution in [0, 0.1) is 5.82 Å². The molecule has 0 aliphatic heterocycles. The number of benzene rings is 1. The van der Waals surface area contributed by atoms with Gasteiger partial charge in [0.15, 0.2) is 0 Å². The minimum atomic E-state index is -3.88. The quantitative estimate of drug-likeness (QED) is 0.733. The van der Waals surface area contributed by atoms with Gasteiger partial charge in [-0.05, 0) is 31.0 Å². The Hall–Kier alpha value is -1.18. The fraction of sp³-hybridized carbons (Fsp3) is 0.538. The summed E-state index contributed by atoms with van der Waals surface area (Å²) in [6.45, 7) is -0.257. The van der Waals surface area contributed by atoms with E-state index in [2.05, 4.69) is 4.72 Å². The Kier molecular flexibility index (Phi) is 4.31. The first-order chi connectivity index (χ1) is 9.38.